The van der Waals surface area contributed by atoms with Crippen LogP contribution in [0.15, 0.2) is 54.6 Å². The predicted octanol–water partition coefficient (Wildman–Crippen LogP) is 7.29. The molecule has 3 saturated carbocycles. The molecule has 1 N–H and O–H groups in total. The van der Waals surface area contributed by atoms with Crippen LogP contribution in [-0.4, -0.2) is 63.9 Å². The van der Waals surface area contributed by atoms with Gasteiger partial charge in [-0.1, -0.05) is 56.0 Å². The summed E-state index contributed by atoms with van der Waals surface area (Å²) < 4.78 is 51.4. The number of hydrogen-bond donors (Lipinski definition) is 1. The van der Waals surface area contributed by atoms with Gasteiger partial charge < -0.3 is 9.64 Å². The van der Waals surface area contributed by atoms with Crippen molar-refractivity contribution < 1.29 is 31.9 Å². The van der Waals surface area contributed by atoms with Gasteiger partial charge in [0.15, 0.2) is 5.78 Å². The molecule has 2 aromatic carbocycles. The van der Waals surface area contributed by atoms with Gasteiger partial charge in [0.25, 0.3) is 6.01 Å². The number of hydrogen-bond acceptors (Lipinski definition) is 7. The van der Waals surface area contributed by atoms with Crippen molar-refractivity contribution in [1.29, 1.82) is 0 Å². The minimum atomic E-state index is -3.92. The molecule has 294 valence electrons. The molecule has 12 heteroatoms. The highest BCUT2D eigenvalue weighted by Crippen LogP contribution is 2.57. The smallest absolute Gasteiger partial charge is 0.297 e. The quantitative estimate of drug-likeness (QED) is 0.238. The van der Waals surface area contributed by atoms with Gasteiger partial charge in [0.2, 0.25) is 21.8 Å². The Morgan fingerprint density at radius 3 is 2.56 bits per heavy atom. The zero-order chi connectivity index (χ0) is 38.5. The Bertz CT molecular complexity index is 2100. The first kappa shape index (κ1) is 37.8. The Kier molecular flexibility index (Phi) is 10.2. The lowest BCUT2D eigenvalue weighted by molar-refractivity contribution is -0.142. The third-order valence-corrected chi connectivity index (χ3v) is 15.2. The Labute approximate surface area is 323 Å². The highest BCUT2D eigenvalue weighted by molar-refractivity contribution is 7.91. The zero-order valence-electron chi connectivity index (χ0n) is 32.0. The van der Waals surface area contributed by atoms with E-state index in [1.54, 1.807) is 11.8 Å². The van der Waals surface area contributed by atoms with Crippen molar-refractivity contribution in [2.45, 2.75) is 133 Å². The summed E-state index contributed by atoms with van der Waals surface area (Å²) in [6.45, 7) is 3.63. The van der Waals surface area contributed by atoms with Crippen LogP contribution in [0.3, 0.4) is 0 Å². The zero-order valence-corrected chi connectivity index (χ0v) is 32.8. The van der Waals surface area contributed by atoms with Crippen molar-refractivity contribution in [3.8, 4) is 6.01 Å². The first-order valence-corrected chi connectivity index (χ1v) is 21.8. The second kappa shape index (κ2) is 14.8. The average molecular weight is 773 g/mol. The minimum absolute atomic E-state index is 0.164. The molecule has 10 nitrogen and oxygen atoms in total. The number of carbonyl (C=O) groups excluding carboxylic acids is 3. The van der Waals surface area contributed by atoms with Crippen LogP contribution in [0.25, 0.3) is 11.0 Å². The van der Waals surface area contributed by atoms with Crippen LogP contribution >= 0.6 is 0 Å². The molecule has 1 aromatic heterocycles. The van der Waals surface area contributed by atoms with Crippen LogP contribution in [0.1, 0.15) is 114 Å². The normalized spacial score (nSPS) is 29.3. The van der Waals surface area contributed by atoms with E-state index in [0.29, 0.717) is 38.1 Å². The Balaban J connectivity index is 1.12. The molecule has 3 aliphatic carbocycles. The number of imidazole rings is 1. The van der Waals surface area contributed by atoms with Crippen molar-refractivity contribution in [2.24, 2.45) is 17.3 Å². The molecule has 8 rings (SSSR count). The van der Waals surface area contributed by atoms with Gasteiger partial charge in [-0.3, -0.25) is 23.7 Å². The fourth-order valence-corrected chi connectivity index (χ4v) is 10.7. The van der Waals surface area contributed by atoms with Crippen LogP contribution in [-0.2, 0) is 30.8 Å². The molecule has 2 aliphatic heterocycles. The van der Waals surface area contributed by atoms with Gasteiger partial charge >= 0.3 is 0 Å². The molecule has 5 aliphatic rings. The molecule has 4 fully saturated rings. The fraction of sp³-hybridized carbons (Fsp3) is 0.581. The summed E-state index contributed by atoms with van der Waals surface area (Å²) in [4.78, 5) is 50.1. The molecule has 0 spiro atoms. The Morgan fingerprint density at radius 2 is 1.80 bits per heavy atom. The number of benzene rings is 2. The summed E-state index contributed by atoms with van der Waals surface area (Å²) in [5, 5.41) is 0. The molecule has 2 amide bonds. The number of ether oxygens (including phenoxy) is 1. The number of allylic oxidation sites excluding steroid dienone is 2. The molecule has 3 aromatic rings. The summed E-state index contributed by atoms with van der Waals surface area (Å²) in [5.74, 6) is -2.22. The number of para-hydroxylation sites is 2. The first-order chi connectivity index (χ1) is 26.4. The SMILES string of the molecule is Cc1cc(F)cc(C[C@H]2CCCCC/C=C\[C@@H]3C[C@@]3(C(=O)NS(=O)(=O)C3(C)CC3)CC(=O)[C@@H]3C[C@@H](Oc4nc5ccccc5n4C4CCCC4)CN3C2=O)c1. The van der Waals surface area contributed by atoms with Crippen molar-refractivity contribution in [2.75, 3.05) is 6.54 Å². The second-order valence-electron chi connectivity index (χ2n) is 17.3. The van der Waals surface area contributed by atoms with E-state index in [4.69, 9.17) is 9.72 Å². The van der Waals surface area contributed by atoms with Crippen LogP contribution in [0.4, 0.5) is 4.39 Å². The lowest BCUT2D eigenvalue weighted by atomic mass is 9.89. The second-order valence-corrected chi connectivity index (χ2v) is 19.5. The molecule has 0 unspecified atom stereocenters. The van der Waals surface area contributed by atoms with Crippen LogP contribution in [0, 0.1) is 30.0 Å². The molecule has 3 heterocycles. The number of nitrogens with one attached hydrogen (secondary N) is 1. The van der Waals surface area contributed by atoms with Crippen molar-refractivity contribution >= 4 is 38.7 Å². The van der Waals surface area contributed by atoms with Gasteiger partial charge in [-0.15, -0.1) is 0 Å². The molecular weight excluding hydrogens is 720 g/mol. The minimum Gasteiger partial charge on any atom is -0.459 e. The largest absolute Gasteiger partial charge is 0.459 e. The van der Waals surface area contributed by atoms with Gasteiger partial charge in [0.1, 0.15) is 11.9 Å². The van der Waals surface area contributed by atoms with Crippen molar-refractivity contribution in [3.05, 3.63) is 71.6 Å². The number of sulfonamides is 1. The van der Waals surface area contributed by atoms with Crippen LogP contribution in [0.2, 0.25) is 0 Å². The summed E-state index contributed by atoms with van der Waals surface area (Å²) >= 11 is 0. The topological polar surface area (TPSA) is 128 Å². The molecule has 55 heavy (non-hydrogen) atoms. The monoisotopic (exact) mass is 772 g/mol. The predicted molar refractivity (Wildman–Crippen MR) is 207 cm³/mol. The fourth-order valence-electron chi connectivity index (χ4n) is 9.40. The lowest BCUT2D eigenvalue weighted by Gasteiger charge is -2.29. The number of Topliss-reactive ketones (excluding diaryl/α,β-unsaturated/α-hetero) is 1. The number of aryl methyl sites for hydroxylation is 1. The van der Waals surface area contributed by atoms with Gasteiger partial charge in [-0.05, 0) is 113 Å². The summed E-state index contributed by atoms with van der Waals surface area (Å²) in [7, 11) is -3.92. The Morgan fingerprint density at radius 1 is 1.04 bits per heavy atom. The van der Waals surface area contributed by atoms with Gasteiger partial charge in [0, 0.05) is 24.8 Å². The van der Waals surface area contributed by atoms with E-state index in [1.165, 1.54) is 12.1 Å². The van der Waals surface area contributed by atoms with E-state index in [2.05, 4.69) is 9.29 Å². The van der Waals surface area contributed by atoms with Crippen molar-refractivity contribution in [1.82, 2.24) is 19.2 Å². The molecule has 1 saturated heterocycles. The first-order valence-electron chi connectivity index (χ1n) is 20.3. The third kappa shape index (κ3) is 7.59. The summed E-state index contributed by atoms with van der Waals surface area (Å²) in [6.07, 6.45) is 13.4. The van der Waals surface area contributed by atoms with E-state index in [-0.39, 0.29) is 48.9 Å². The van der Waals surface area contributed by atoms with E-state index < -0.39 is 44.2 Å². The number of amides is 2. The summed E-state index contributed by atoms with van der Waals surface area (Å²) in [6, 6.07) is 12.7. The van der Waals surface area contributed by atoms with E-state index in [9.17, 15) is 27.2 Å². The highest BCUT2D eigenvalue weighted by atomic mass is 32.2. The van der Waals surface area contributed by atoms with Crippen molar-refractivity contribution in [3.63, 3.8) is 0 Å². The maximum atomic E-state index is 14.8. The van der Waals surface area contributed by atoms with Gasteiger partial charge in [-0.25, -0.2) is 12.8 Å². The molecule has 0 bridgehead atoms. The summed E-state index contributed by atoms with van der Waals surface area (Å²) in [5.41, 5.74) is 2.11. The Hall–Kier alpha value is -4.06. The number of aromatic nitrogens is 2. The highest BCUT2D eigenvalue weighted by Gasteiger charge is 2.62. The molecular formula is C43H53FN4O6S. The van der Waals surface area contributed by atoms with Gasteiger partial charge in [-0.2, -0.15) is 4.98 Å². The number of halogens is 1. The maximum Gasteiger partial charge on any atom is 0.297 e. The number of fused-ring (bicyclic) bond motifs is 3. The number of rotatable bonds is 8. The number of carbonyl (C=O) groups is 3. The van der Waals surface area contributed by atoms with E-state index >= 15 is 0 Å². The van der Waals surface area contributed by atoms with Gasteiger partial charge in [0.05, 0.1) is 33.8 Å². The maximum absolute atomic E-state index is 14.8. The third-order valence-electron chi connectivity index (χ3n) is 13.1. The lowest BCUT2D eigenvalue weighted by Crippen LogP contribution is -2.47. The van der Waals surface area contributed by atoms with E-state index in [0.717, 1.165) is 73.5 Å². The standard InChI is InChI=1S/C43H53FN4O6S/c1-28-20-29(23-32(44)21-28)22-30-12-6-4-3-5-7-13-31-25-43(31,40(51)46-55(52,53)42(2)18-19-42)26-38(49)37-24-34(27-47(37)39(30)50)54-41-45-35-16-10-11-17-36(35)48(41)33-14-8-9-15-33/h7,10-11,13,16-17,20-21,23,30-31,33-34,37H,3-6,8-9,12,14-15,18-19,22,24-27H2,1-2H3,(H,46,51)/b13-7-/t30-,31-,34-,37+,43-/m1/s1. The molecule has 5 atom stereocenters. The number of nitrogens with zero attached hydrogens (tertiary/aromatic N) is 3. The van der Waals surface area contributed by atoms with E-state index in [1.807, 2.05) is 49.4 Å². The number of ketones is 1. The average Bonchev–Trinajstić information content (AvgIpc) is 3.79. The van der Waals surface area contributed by atoms with Crippen LogP contribution < -0.4 is 9.46 Å². The van der Waals surface area contributed by atoms with Crippen LogP contribution in [0.5, 0.6) is 6.01 Å². The molecule has 0 radical (unpaired) electrons.